The molecule has 126 valence electrons. The van der Waals surface area contributed by atoms with Crippen molar-refractivity contribution in [2.24, 2.45) is 0 Å². The molecule has 0 aromatic carbocycles. The van der Waals surface area contributed by atoms with Crippen LogP contribution in [0, 0.1) is 0 Å². The highest BCUT2D eigenvalue weighted by Gasteiger charge is 1.89. The van der Waals surface area contributed by atoms with Crippen LogP contribution < -0.4 is 5.11 Å². The number of aliphatic carboxylic acids is 1. The molecule has 0 heterocycles. The minimum absolute atomic E-state index is 0.202. The van der Waals surface area contributed by atoms with Gasteiger partial charge in [-0.3, -0.25) is 0 Å². The third-order valence-electron chi connectivity index (χ3n) is 3.52. The quantitative estimate of drug-likeness (QED) is 0.312. The first kappa shape index (κ1) is 20.7. The van der Waals surface area contributed by atoms with Crippen LogP contribution in [0.2, 0.25) is 0 Å². The van der Waals surface area contributed by atoms with E-state index in [2.05, 4.69) is 43.4 Å². The summed E-state index contributed by atoms with van der Waals surface area (Å²) < 4.78 is 0. The second kappa shape index (κ2) is 17.7. The predicted octanol–water partition coefficient (Wildman–Crippen LogP) is 5.11. The van der Waals surface area contributed by atoms with Gasteiger partial charge >= 0.3 is 0 Å². The number of hydrogen-bond acceptors (Lipinski definition) is 2. The molecule has 0 saturated carbocycles. The van der Waals surface area contributed by atoms with E-state index in [1.165, 1.54) is 25.7 Å². The third-order valence-corrected chi connectivity index (χ3v) is 3.52. The zero-order valence-electron chi connectivity index (χ0n) is 14.3. The van der Waals surface area contributed by atoms with Crippen LogP contribution in [-0.4, -0.2) is 5.97 Å². The molecule has 22 heavy (non-hydrogen) atoms. The smallest absolute Gasteiger partial charge is 0.0414 e. The Balaban J connectivity index is 3.29. The van der Waals surface area contributed by atoms with Gasteiger partial charge < -0.3 is 9.90 Å². The second-order valence-corrected chi connectivity index (χ2v) is 5.71. The number of carbonyl (C=O) groups is 1. The second-order valence-electron chi connectivity index (χ2n) is 5.71. The molecule has 0 rings (SSSR count). The first-order valence-corrected chi connectivity index (χ1v) is 8.92. The predicted molar refractivity (Wildman–Crippen MR) is 93.5 cm³/mol. The molecule has 0 fully saturated rings. The van der Waals surface area contributed by atoms with Crippen molar-refractivity contribution in [1.82, 2.24) is 0 Å². The van der Waals surface area contributed by atoms with E-state index in [0.717, 1.165) is 44.9 Å². The lowest BCUT2D eigenvalue weighted by molar-refractivity contribution is -0.305. The normalized spacial score (nSPS) is 12.0. The Labute approximate surface area is 137 Å². The zero-order valence-corrected chi connectivity index (χ0v) is 14.3. The lowest BCUT2D eigenvalue weighted by Crippen LogP contribution is -2.21. The van der Waals surface area contributed by atoms with Crippen LogP contribution in [-0.2, 0) is 4.79 Å². The molecule has 0 aliphatic carbocycles. The Morgan fingerprint density at radius 3 is 1.77 bits per heavy atom. The fourth-order valence-corrected chi connectivity index (χ4v) is 2.18. The maximum Gasteiger partial charge on any atom is 0.0414 e. The van der Waals surface area contributed by atoms with E-state index in [0.29, 0.717) is 0 Å². The van der Waals surface area contributed by atoms with Gasteiger partial charge in [0.15, 0.2) is 0 Å². The highest BCUT2D eigenvalue weighted by molar-refractivity contribution is 5.63. The van der Waals surface area contributed by atoms with Gasteiger partial charge in [-0.2, -0.15) is 0 Å². The first-order chi connectivity index (χ1) is 10.8. The molecule has 0 bridgehead atoms. The molecule has 0 radical (unpaired) electrons. The van der Waals surface area contributed by atoms with E-state index >= 15 is 0 Å². The molecule has 0 aliphatic heterocycles. The van der Waals surface area contributed by atoms with Crippen molar-refractivity contribution in [3.8, 4) is 0 Å². The molecular formula is C20H33O2-. The summed E-state index contributed by atoms with van der Waals surface area (Å²) in [6.45, 7) is 2.23. The van der Waals surface area contributed by atoms with Crippen LogP contribution in [0.4, 0.5) is 0 Å². The largest absolute Gasteiger partial charge is 0.550 e. The Morgan fingerprint density at radius 1 is 0.727 bits per heavy atom. The van der Waals surface area contributed by atoms with Crippen LogP contribution >= 0.6 is 0 Å². The standard InChI is InChI=1S/C20H34O2/c1-2-3-4-5-6-7-8-9-10-11-12-13-14-15-16-17-18-19-20(21)22/h6-7,9-10,12-13H,2-5,8,11,14-19H2,1H3,(H,21,22)/p-1/b7-6+,10-9+,13-12+. The number of carboxylic acids is 1. The van der Waals surface area contributed by atoms with Crippen molar-refractivity contribution >= 4 is 5.97 Å². The number of rotatable bonds is 15. The Kier molecular flexibility index (Phi) is 16.7. The highest BCUT2D eigenvalue weighted by atomic mass is 16.4. The van der Waals surface area contributed by atoms with Crippen molar-refractivity contribution in [3.63, 3.8) is 0 Å². The summed E-state index contributed by atoms with van der Waals surface area (Å²) in [6.07, 6.45) is 25.9. The van der Waals surface area contributed by atoms with Gasteiger partial charge in [-0.05, 0) is 51.4 Å². The van der Waals surface area contributed by atoms with Gasteiger partial charge in [0.1, 0.15) is 0 Å². The fraction of sp³-hybridized carbons (Fsp3) is 0.650. The van der Waals surface area contributed by atoms with Crippen LogP contribution in [0.25, 0.3) is 0 Å². The number of unbranched alkanes of at least 4 members (excludes halogenated alkanes) is 7. The van der Waals surface area contributed by atoms with E-state index < -0.39 is 5.97 Å². The Bertz CT molecular complexity index is 327. The summed E-state index contributed by atoms with van der Waals surface area (Å²) in [6, 6.07) is 0. The van der Waals surface area contributed by atoms with Gasteiger partial charge in [0, 0.05) is 5.97 Å². The van der Waals surface area contributed by atoms with Crippen molar-refractivity contribution in [2.75, 3.05) is 0 Å². The molecule has 2 nitrogen and oxygen atoms in total. The highest BCUT2D eigenvalue weighted by Crippen LogP contribution is 2.06. The summed E-state index contributed by atoms with van der Waals surface area (Å²) in [5.74, 6) is -0.928. The van der Waals surface area contributed by atoms with E-state index in [4.69, 9.17) is 0 Å². The first-order valence-electron chi connectivity index (χ1n) is 8.92. The van der Waals surface area contributed by atoms with E-state index in [9.17, 15) is 9.90 Å². The van der Waals surface area contributed by atoms with Crippen LogP contribution in [0.1, 0.15) is 84.0 Å². The molecule has 0 aromatic rings. The SMILES string of the molecule is CCCCC/C=C/C/C=C/C/C=C/CCCCCCC(=O)[O-]. The summed E-state index contributed by atoms with van der Waals surface area (Å²) >= 11 is 0. The number of hydrogen-bond donors (Lipinski definition) is 0. The molecule has 0 spiro atoms. The van der Waals surface area contributed by atoms with Gasteiger partial charge in [-0.25, -0.2) is 0 Å². The van der Waals surface area contributed by atoms with E-state index in [-0.39, 0.29) is 6.42 Å². The van der Waals surface area contributed by atoms with Crippen molar-refractivity contribution < 1.29 is 9.90 Å². The van der Waals surface area contributed by atoms with Crippen LogP contribution in [0.15, 0.2) is 36.5 Å². The average Bonchev–Trinajstić information content (AvgIpc) is 2.50. The molecule has 2 heteroatoms. The Morgan fingerprint density at radius 2 is 1.23 bits per heavy atom. The van der Waals surface area contributed by atoms with Gasteiger partial charge in [0.2, 0.25) is 0 Å². The summed E-state index contributed by atoms with van der Waals surface area (Å²) in [4.78, 5) is 10.2. The monoisotopic (exact) mass is 305 g/mol. The molecule has 0 amide bonds. The molecule has 0 aromatic heterocycles. The number of allylic oxidation sites excluding steroid dienone is 6. The molecule has 0 atom stereocenters. The topological polar surface area (TPSA) is 40.1 Å². The van der Waals surface area contributed by atoms with Gasteiger partial charge in [0.25, 0.3) is 0 Å². The minimum Gasteiger partial charge on any atom is -0.550 e. The van der Waals surface area contributed by atoms with Gasteiger partial charge in [0.05, 0.1) is 0 Å². The van der Waals surface area contributed by atoms with Crippen molar-refractivity contribution in [2.45, 2.75) is 84.0 Å². The van der Waals surface area contributed by atoms with Crippen molar-refractivity contribution in [3.05, 3.63) is 36.5 Å². The zero-order chi connectivity index (χ0) is 16.3. The van der Waals surface area contributed by atoms with Gasteiger partial charge in [-0.1, -0.05) is 69.1 Å². The molecular weight excluding hydrogens is 272 g/mol. The fourth-order valence-electron chi connectivity index (χ4n) is 2.18. The molecule has 0 aliphatic rings. The van der Waals surface area contributed by atoms with Crippen LogP contribution in [0.5, 0.6) is 0 Å². The molecule has 0 unspecified atom stereocenters. The molecule has 0 saturated heterocycles. The van der Waals surface area contributed by atoms with E-state index in [1.807, 2.05) is 0 Å². The number of carbonyl (C=O) groups excluding carboxylic acids is 1. The van der Waals surface area contributed by atoms with E-state index in [1.54, 1.807) is 0 Å². The lowest BCUT2D eigenvalue weighted by Gasteiger charge is -2.00. The summed E-state index contributed by atoms with van der Waals surface area (Å²) in [7, 11) is 0. The van der Waals surface area contributed by atoms with Crippen molar-refractivity contribution in [1.29, 1.82) is 0 Å². The maximum absolute atomic E-state index is 10.2. The Hall–Kier alpha value is -1.31. The third kappa shape index (κ3) is 18.7. The van der Waals surface area contributed by atoms with Crippen LogP contribution in [0.3, 0.4) is 0 Å². The average molecular weight is 305 g/mol. The molecule has 0 N–H and O–H groups in total. The number of carboxylic acid groups (broad SMARTS) is 1. The maximum atomic E-state index is 10.2. The summed E-state index contributed by atoms with van der Waals surface area (Å²) in [5, 5.41) is 10.2. The minimum atomic E-state index is -0.928. The summed E-state index contributed by atoms with van der Waals surface area (Å²) in [5.41, 5.74) is 0. The van der Waals surface area contributed by atoms with Gasteiger partial charge in [-0.15, -0.1) is 0 Å². The lowest BCUT2D eigenvalue weighted by atomic mass is 10.1.